The fourth-order valence-corrected chi connectivity index (χ4v) is 2.40. The van der Waals surface area contributed by atoms with E-state index >= 15 is 0 Å². The van der Waals surface area contributed by atoms with Crippen molar-refractivity contribution < 1.29 is 28.7 Å². The molecule has 1 fully saturated rings. The standard InChI is InChI=1S/C16H9ClN2O6/c17-7-1-3-9(10(5-7)15(22)23)12-4-2-8(25-12)6-11-13(20)18-16(24)19-14(11)21/h1-6H,(H,22,23)(H2,18,19,20,21,24). The lowest BCUT2D eigenvalue weighted by molar-refractivity contribution is -0.123. The van der Waals surface area contributed by atoms with Crippen molar-refractivity contribution in [2.75, 3.05) is 0 Å². The van der Waals surface area contributed by atoms with E-state index in [0.29, 0.717) is 0 Å². The van der Waals surface area contributed by atoms with Crippen LogP contribution in [0.5, 0.6) is 0 Å². The van der Waals surface area contributed by atoms with Crippen LogP contribution in [0.1, 0.15) is 16.1 Å². The van der Waals surface area contributed by atoms with Crippen LogP contribution in [-0.2, 0) is 9.59 Å². The molecule has 2 heterocycles. The molecule has 1 aromatic carbocycles. The van der Waals surface area contributed by atoms with E-state index in [-0.39, 0.29) is 33.2 Å². The first-order valence-corrected chi connectivity index (χ1v) is 7.24. The molecule has 1 aliphatic heterocycles. The van der Waals surface area contributed by atoms with Crippen LogP contribution in [-0.4, -0.2) is 28.9 Å². The van der Waals surface area contributed by atoms with Crippen molar-refractivity contribution in [3.05, 3.63) is 52.3 Å². The summed E-state index contributed by atoms with van der Waals surface area (Å²) in [5.74, 6) is -2.54. The van der Waals surface area contributed by atoms with Crippen LogP contribution in [0, 0.1) is 0 Å². The largest absolute Gasteiger partial charge is 0.478 e. The van der Waals surface area contributed by atoms with Gasteiger partial charge in [0.25, 0.3) is 11.8 Å². The first-order valence-electron chi connectivity index (χ1n) is 6.86. The van der Waals surface area contributed by atoms with Crippen molar-refractivity contribution in [3.8, 4) is 11.3 Å². The third-order valence-electron chi connectivity index (χ3n) is 3.33. The van der Waals surface area contributed by atoms with Crippen LogP contribution in [0.25, 0.3) is 17.4 Å². The molecular formula is C16H9ClN2O6. The number of imide groups is 2. The number of urea groups is 1. The van der Waals surface area contributed by atoms with Gasteiger partial charge in [-0.2, -0.15) is 0 Å². The number of benzene rings is 1. The molecule has 1 saturated heterocycles. The Labute approximate surface area is 145 Å². The van der Waals surface area contributed by atoms with Gasteiger partial charge in [0.1, 0.15) is 17.1 Å². The molecule has 0 aliphatic carbocycles. The Hall–Kier alpha value is -3.39. The van der Waals surface area contributed by atoms with Crippen LogP contribution >= 0.6 is 11.6 Å². The van der Waals surface area contributed by atoms with Crippen LogP contribution in [0.15, 0.2) is 40.3 Å². The quantitative estimate of drug-likeness (QED) is 0.568. The number of barbiturate groups is 1. The lowest BCUT2D eigenvalue weighted by atomic mass is 10.1. The maximum atomic E-state index is 11.7. The second-order valence-electron chi connectivity index (χ2n) is 4.99. The predicted molar refractivity (Wildman–Crippen MR) is 85.8 cm³/mol. The van der Waals surface area contributed by atoms with E-state index in [2.05, 4.69) is 0 Å². The van der Waals surface area contributed by atoms with Gasteiger partial charge < -0.3 is 9.52 Å². The Morgan fingerprint density at radius 3 is 2.40 bits per heavy atom. The van der Waals surface area contributed by atoms with Gasteiger partial charge in [-0.05, 0) is 36.4 Å². The predicted octanol–water partition coefficient (Wildman–Crippen LogP) is 2.05. The highest BCUT2D eigenvalue weighted by molar-refractivity contribution is 6.31. The van der Waals surface area contributed by atoms with Gasteiger partial charge in [0.15, 0.2) is 0 Å². The average molecular weight is 361 g/mol. The van der Waals surface area contributed by atoms with Crippen molar-refractivity contribution in [3.63, 3.8) is 0 Å². The lowest BCUT2D eigenvalue weighted by Gasteiger charge is -2.13. The number of aromatic carboxylic acids is 1. The second-order valence-corrected chi connectivity index (χ2v) is 5.43. The molecule has 1 aliphatic rings. The van der Waals surface area contributed by atoms with Gasteiger partial charge in [-0.25, -0.2) is 9.59 Å². The first-order chi connectivity index (χ1) is 11.8. The molecule has 2 aromatic rings. The third-order valence-corrected chi connectivity index (χ3v) is 3.57. The summed E-state index contributed by atoms with van der Waals surface area (Å²) >= 11 is 5.81. The van der Waals surface area contributed by atoms with Crippen molar-refractivity contribution in [2.45, 2.75) is 0 Å². The van der Waals surface area contributed by atoms with Crippen molar-refractivity contribution in [1.29, 1.82) is 0 Å². The zero-order chi connectivity index (χ0) is 18.1. The SMILES string of the molecule is O=C1NC(=O)C(=Cc2ccc(-c3ccc(Cl)cc3C(=O)O)o2)C(=O)N1. The van der Waals surface area contributed by atoms with Gasteiger partial charge in [-0.15, -0.1) is 0 Å². The molecule has 126 valence electrons. The highest BCUT2D eigenvalue weighted by Gasteiger charge is 2.28. The van der Waals surface area contributed by atoms with Gasteiger partial charge in [-0.3, -0.25) is 20.2 Å². The summed E-state index contributed by atoms with van der Waals surface area (Å²) in [4.78, 5) is 45.7. The maximum absolute atomic E-state index is 11.7. The number of carboxylic acids is 1. The topological polar surface area (TPSA) is 126 Å². The molecule has 0 bridgehead atoms. The highest BCUT2D eigenvalue weighted by atomic mass is 35.5. The molecule has 0 atom stereocenters. The van der Waals surface area contributed by atoms with E-state index in [4.69, 9.17) is 16.0 Å². The number of furan rings is 1. The molecule has 9 heteroatoms. The average Bonchev–Trinajstić information content (AvgIpc) is 2.99. The van der Waals surface area contributed by atoms with Gasteiger partial charge in [0.05, 0.1) is 5.56 Å². The fourth-order valence-electron chi connectivity index (χ4n) is 2.23. The van der Waals surface area contributed by atoms with E-state index in [1.807, 2.05) is 10.6 Å². The number of amides is 4. The number of hydrogen-bond donors (Lipinski definition) is 3. The smallest absolute Gasteiger partial charge is 0.336 e. The lowest BCUT2D eigenvalue weighted by Crippen LogP contribution is -2.51. The Bertz CT molecular complexity index is 937. The molecule has 25 heavy (non-hydrogen) atoms. The zero-order valence-electron chi connectivity index (χ0n) is 12.3. The zero-order valence-corrected chi connectivity index (χ0v) is 13.1. The minimum absolute atomic E-state index is 0.0557. The van der Waals surface area contributed by atoms with Crippen molar-refractivity contribution >= 4 is 41.5 Å². The number of halogens is 1. The maximum Gasteiger partial charge on any atom is 0.336 e. The van der Waals surface area contributed by atoms with E-state index in [9.17, 15) is 24.3 Å². The monoisotopic (exact) mass is 360 g/mol. The molecule has 0 saturated carbocycles. The van der Waals surface area contributed by atoms with Gasteiger partial charge >= 0.3 is 12.0 Å². The van der Waals surface area contributed by atoms with Gasteiger partial charge in [0, 0.05) is 10.6 Å². The molecule has 4 amide bonds. The van der Waals surface area contributed by atoms with E-state index < -0.39 is 23.8 Å². The second kappa shape index (κ2) is 6.25. The number of hydrogen-bond acceptors (Lipinski definition) is 5. The number of carbonyl (C=O) groups is 4. The third kappa shape index (κ3) is 3.29. The summed E-state index contributed by atoms with van der Waals surface area (Å²) < 4.78 is 5.50. The fraction of sp³-hybridized carbons (Fsp3) is 0. The summed E-state index contributed by atoms with van der Waals surface area (Å²) in [6.45, 7) is 0. The molecule has 0 radical (unpaired) electrons. The normalized spacial score (nSPS) is 14.1. The molecule has 1 aromatic heterocycles. The number of rotatable bonds is 3. The first kappa shape index (κ1) is 16.5. The summed E-state index contributed by atoms with van der Waals surface area (Å²) in [6.07, 6.45) is 1.15. The van der Waals surface area contributed by atoms with E-state index in [1.165, 1.54) is 30.3 Å². The molecule has 0 unspecified atom stereocenters. The summed E-state index contributed by atoms with van der Waals surface area (Å²) in [7, 11) is 0. The minimum atomic E-state index is -1.18. The Kier molecular flexibility index (Phi) is 4.12. The number of carbonyl (C=O) groups excluding carboxylic acids is 3. The van der Waals surface area contributed by atoms with Gasteiger partial charge in [-0.1, -0.05) is 11.6 Å². The Morgan fingerprint density at radius 2 is 1.76 bits per heavy atom. The molecule has 8 nitrogen and oxygen atoms in total. The summed E-state index contributed by atoms with van der Waals surface area (Å²) in [5, 5.41) is 13.4. The Balaban J connectivity index is 1.98. The van der Waals surface area contributed by atoms with Gasteiger partial charge in [0.2, 0.25) is 0 Å². The highest BCUT2D eigenvalue weighted by Crippen LogP contribution is 2.29. The van der Waals surface area contributed by atoms with E-state index in [1.54, 1.807) is 0 Å². The molecule has 3 N–H and O–H groups in total. The molecule has 3 rings (SSSR count). The molecule has 0 spiro atoms. The van der Waals surface area contributed by atoms with Crippen LogP contribution < -0.4 is 10.6 Å². The van der Waals surface area contributed by atoms with Crippen molar-refractivity contribution in [1.82, 2.24) is 10.6 Å². The summed E-state index contributed by atoms with van der Waals surface area (Å²) in [6, 6.07) is 6.33. The number of carboxylic acid groups (broad SMARTS) is 1. The van der Waals surface area contributed by atoms with Crippen LogP contribution in [0.2, 0.25) is 5.02 Å². The van der Waals surface area contributed by atoms with Crippen LogP contribution in [0.3, 0.4) is 0 Å². The number of nitrogens with one attached hydrogen (secondary N) is 2. The van der Waals surface area contributed by atoms with Crippen molar-refractivity contribution in [2.24, 2.45) is 0 Å². The summed E-state index contributed by atoms with van der Waals surface area (Å²) in [5.41, 5.74) is -0.0795. The minimum Gasteiger partial charge on any atom is -0.478 e. The molecular weight excluding hydrogens is 352 g/mol. The Morgan fingerprint density at radius 1 is 1.08 bits per heavy atom. The van der Waals surface area contributed by atoms with E-state index in [0.717, 1.165) is 6.08 Å². The van der Waals surface area contributed by atoms with Crippen LogP contribution in [0.4, 0.5) is 4.79 Å².